The SMILES string of the molecule is COc1ccnc(C(=O)N[C@@H]2CC3CC2[C@@H](C(=O)OCCc2ccccc2)[C@H]3C(=O)OCC(C)C)c1O. The Kier molecular flexibility index (Phi) is 8.31. The van der Waals surface area contributed by atoms with Crippen molar-refractivity contribution in [3.63, 3.8) is 0 Å². The molecule has 2 aliphatic rings. The fourth-order valence-electron chi connectivity index (χ4n) is 5.55. The van der Waals surface area contributed by atoms with Gasteiger partial charge in [-0.15, -0.1) is 0 Å². The van der Waals surface area contributed by atoms with E-state index in [9.17, 15) is 19.5 Å². The lowest BCUT2D eigenvalue weighted by Crippen LogP contribution is -2.48. The number of fused-ring (bicyclic) bond motifs is 2. The number of rotatable bonds is 10. The van der Waals surface area contributed by atoms with Crippen LogP contribution in [0.25, 0.3) is 0 Å². The third-order valence-electron chi connectivity index (χ3n) is 7.22. The number of aromatic hydroxyl groups is 1. The molecule has 1 amide bonds. The van der Waals surface area contributed by atoms with Gasteiger partial charge in [-0.3, -0.25) is 14.4 Å². The summed E-state index contributed by atoms with van der Waals surface area (Å²) in [5.41, 5.74) is 0.892. The van der Waals surface area contributed by atoms with Crippen LogP contribution in [0.3, 0.4) is 0 Å². The lowest BCUT2D eigenvalue weighted by atomic mass is 9.76. The van der Waals surface area contributed by atoms with Gasteiger partial charge >= 0.3 is 11.9 Å². The molecule has 2 bridgehead atoms. The van der Waals surface area contributed by atoms with Crippen LogP contribution in [0.1, 0.15) is 42.7 Å². The van der Waals surface area contributed by atoms with Crippen molar-refractivity contribution < 1.29 is 33.7 Å². The number of esters is 2. The second kappa shape index (κ2) is 11.6. The Bertz CT molecular complexity index is 1120. The van der Waals surface area contributed by atoms with Crippen LogP contribution >= 0.6 is 0 Å². The van der Waals surface area contributed by atoms with E-state index in [1.165, 1.54) is 19.4 Å². The Morgan fingerprint density at radius 2 is 1.78 bits per heavy atom. The van der Waals surface area contributed by atoms with E-state index in [-0.39, 0.29) is 60.2 Å². The average molecular weight is 511 g/mol. The van der Waals surface area contributed by atoms with Crippen molar-refractivity contribution in [2.45, 2.75) is 39.2 Å². The van der Waals surface area contributed by atoms with E-state index in [1.807, 2.05) is 44.2 Å². The quantitative estimate of drug-likeness (QED) is 0.467. The summed E-state index contributed by atoms with van der Waals surface area (Å²) < 4.78 is 16.2. The number of nitrogens with one attached hydrogen (secondary N) is 1. The molecular weight excluding hydrogens is 476 g/mol. The number of amides is 1. The first-order chi connectivity index (χ1) is 17.8. The van der Waals surface area contributed by atoms with Gasteiger partial charge in [0.2, 0.25) is 0 Å². The maximum absolute atomic E-state index is 13.3. The van der Waals surface area contributed by atoms with Crippen LogP contribution in [-0.4, -0.2) is 54.3 Å². The fraction of sp³-hybridized carbons (Fsp3) is 0.500. The molecular formula is C28H34N2O7. The van der Waals surface area contributed by atoms with Crippen LogP contribution in [0.5, 0.6) is 11.5 Å². The standard InChI is InChI=1S/C28H34N2O7/c1-16(2)15-37-27(33)22-18-13-19(23(22)28(34)36-12-10-17-7-5-4-6-8-17)20(14-18)30-26(32)24-25(31)21(35-3)9-11-29-24/h4-9,11,16,18-20,22-23,31H,10,12-15H2,1-3H3,(H,30,32)/t18?,19?,20-,22+,23-/m1/s1. The van der Waals surface area contributed by atoms with Crippen molar-refractivity contribution in [3.8, 4) is 11.5 Å². The number of methoxy groups -OCH3 is 1. The Morgan fingerprint density at radius 1 is 1.05 bits per heavy atom. The van der Waals surface area contributed by atoms with Gasteiger partial charge in [0.25, 0.3) is 5.91 Å². The highest BCUT2D eigenvalue weighted by molar-refractivity contribution is 5.96. The molecule has 2 N–H and O–H groups in total. The first-order valence-corrected chi connectivity index (χ1v) is 12.7. The Labute approximate surface area is 216 Å². The summed E-state index contributed by atoms with van der Waals surface area (Å²) in [6, 6.07) is 10.8. The van der Waals surface area contributed by atoms with Crippen LogP contribution < -0.4 is 10.1 Å². The number of aromatic nitrogens is 1. The average Bonchev–Trinajstić information content (AvgIpc) is 3.46. The van der Waals surface area contributed by atoms with Crippen molar-refractivity contribution in [1.29, 1.82) is 0 Å². The largest absolute Gasteiger partial charge is 0.503 e. The summed E-state index contributed by atoms with van der Waals surface area (Å²) in [6.07, 6.45) is 3.07. The topological polar surface area (TPSA) is 124 Å². The van der Waals surface area contributed by atoms with Crippen LogP contribution in [0.15, 0.2) is 42.6 Å². The van der Waals surface area contributed by atoms with Gasteiger partial charge < -0.3 is 24.6 Å². The van der Waals surface area contributed by atoms with Crippen LogP contribution in [0.2, 0.25) is 0 Å². The number of hydrogen-bond acceptors (Lipinski definition) is 8. The second-order valence-corrected chi connectivity index (χ2v) is 10.2. The van der Waals surface area contributed by atoms with Crippen LogP contribution in [-0.2, 0) is 25.5 Å². The highest BCUT2D eigenvalue weighted by Crippen LogP contribution is 2.53. The van der Waals surface area contributed by atoms with E-state index in [0.29, 0.717) is 19.3 Å². The molecule has 2 saturated carbocycles. The summed E-state index contributed by atoms with van der Waals surface area (Å²) >= 11 is 0. The minimum Gasteiger partial charge on any atom is -0.503 e. The highest BCUT2D eigenvalue weighted by Gasteiger charge is 2.59. The smallest absolute Gasteiger partial charge is 0.310 e. The normalized spacial score (nSPS) is 24.1. The number of pyridine rings is 1. The molecule has 2 unspecified atom stereocenters. The molecule has 2 fully saturated rings. The Morgan fingerprint density at radius 3 is 2.49 bits per heavy atom. The lowest BCUT2D eigenvalue weighted by Gasteiger charge is -2.33. The molecule has 9 nitrogen and oxygen atoms in total. The highest BCUT2D eigenvalue weighted by atomic mass is 16.5. The third kappa shape index (κ3) is 5.87. The van der Waals surface area contributed by atoms with Gasteiger partial charge in [0.15, 0.2) is 17.2 Å². The Hall–Kier alpha value is -3.62. The molecule has 0 aliphatic heterocycles. The van der Waals surface area contributed by atoms with Gasteiger partial charge in [-0.2, -0.15) is 0 Å². The van der Waals surface area contributed by atoms with Gasteiger partial charge in [-0.1, -0.05) is 44.2 Å². The molecule has 0 spiro atoms. The van der Waals surface area contributed by atoms with Gasteiger partial charge in [-0.25, -0.2) is 4.98 Å². The van der Waals surface area contributed by atoms with E-state index < -0.39 is 23.7 Å². The molecule has 2 aliphatic carbocycles. The van der Waals surface area contributed by atoms with E-state index in [1.54, 1.807) is 0 Å². The van der Waals surface area contributed by atoms with Gasteiger partial charge in [0.1, 0.15) is 0 Å². The second-order valence-electron chi connectivity index (χ2n) is 10.2. The molecule has 198 valence electrons. The van der Waals surface area contributed by atoms with E-state index >= 15 is 0 Å². The molecule has 1 aromatic heterocycles. The molecule has 2 aromatic rings. The van der Waals surface area contributed by atoms with Gasteiger partial charge in [0.05, 0.1) is 32.2 Å². The summed E-state index contributed by atoms with van der Waals surface area (Å²) in [5.74, 6) is -3.16. The monoisotopic (exact) mass is 510 g/mol. The molecule has 0 saturated heterocycles. The molecule has 9 heteroatoms. The summed E-state index contributed by atoms with van der Waals surface area (Å²) in [5, 5.41) is 13.2. The number of carbonyl (C=O) groups excluding carboxylic acids is 3. The van der Waals surface area contributed by atoms with E-state index in [4.69, 9.17) is 14.2 Å². The Balaban J connectivity index is 1.47. The summed E-state index contributed by atoms with van der Waals surface area (Å²) in [6.45, 7) is 4.39. The maximum Gasteiger partial charge on any atom is 0.310 e. The molecule has 37 heavy (non-hydrogen) atoms. The minimum absolute atomic E-state index is 0.117. The fourth-order valence-corrected chi connectivity index (χ4v) is 5.55. The molecule has 1 heterocycles. The number of hydrogen-bond donors (Lipinski definition) is 2. The van der Waals surface area contributed by atoms with Crippen LogP contribution in [0.4, 0.5) is 0 Å². The third-order valence-corrected chi connectivity index (χ3v) is 7.22. The zero-order valence-electron chi connectivity index (χ0n) is 21.4. The molecule has 0 radical (unpaired) electrons. The molecule has 5 atom stereocenters. The number of ether oxygens (including phenoxy) is 3. The van der Waals surface area contributed by atoms with Crippen molar-refractivity contribution in [1.82, 2.24) is 10.3 Å². The molecule has 1 aromatic carbocycles. The minimum atomic E-state index is -0.716. The zero-order chi connectivity index (χ0) is 26.5. The predicted octanol–water partition coefficient (Wildman–Crippen LogP) is 3.15. The first-order valence-electron chi connectivity index (χ1n) is 12.7. The van der Waals surface area contributed by atoms with E-state index in [0.717, 1.165) is 5.56 Å². The van der Waals surface area contributed by atoms with Gasteiger partial charge in [-0.05, 0) is 36.2 Å². The predicted molar refractivity (Wildman–Crippen MR) is 134 cm³/mol. The zero-order valence-corrected chi connectivity index (χ0v) is 21.4. The number of benzene rings is 1. The summed E-state index contributed by atoms with van der Waals surface area (Å²) in [4.78, 5) is 43.3. The number of carbonyl (C=O) groups is 3. The van der Waals surface area contributed by atoms with E-state index in [2.05, 4.69) is 10.3 Å². The maximum atomic E-state index is 13.3. The van der Waals surface area contributed by atoms with Gasteiger partial charge in [0, 0.05) is 24.7 Å². The van der Waals surface area contributed by atoms with Crippen molar-refractivity contribution >= 4 is 17.8 Å². The first kappa shape index (κ1) is 26.4. The van der Waals surface area contributed by atoms with Crippen molar-refractivity contribution in [2.24, 2.45) is 29.6 Å². The lowest BCUT2D eigenvalue weighted by molar-refractivity contribution is -0.164. The van der Waals surface area contributed by atoms with Crippen molar-refractivity contribution in [2.75, 3.05) is 20.3 Å². The molecule has 4 rings (SSSR count). The van der Waals surface area contributed by atoms with Crippen LogP contribution in [0, 0.1) is 29.6 Å². The summed E-state index contributed by atoms with van der Waals surface area (Å²) in [7, 11) is 1.39. The number of nitrogens with zero attached hydrogens (tertiary/aromatic N) is 1. The van der Waals surface area contributed by atoms with Crippen molar-refractivity contribution in [3.05, 3.63) is 53.9 Å².